The number of benzene rings is 3. The Balaban J connectivity index is 1.95. The largest absolute Gasteiger partial charge is 0.391 e. The summed E-state index contributed by atoms with van der Waals surface area (Å²) in [6, 6.07) is 30.7. The fraction of sp³-hybridized carbons (Fsp3) is 0.125. The van der Waals surface area contributed by atoms with Crippen molar-refractivity contribution < 1.29 is 5.11 Å². The number of thioether (sulfide) groups is 1. The molecule has 1 atom stereocenters. The average Bonchev–Trinajstić information content (AvgIpc) is 3.18. The second-order valence-corrected chi connectivity index (χ2v) is 7.91. The third-order valence-corrected chi connectivity index (χ3v) is 5.98. The zero-order valence-corrected chi connectivity index (χ0v) is 17.4. The summed E-state index contributed by atoms with van der Waals surface area (Å²) < 4.78 is 2.17. The summed E-state index contributed by atoms with van der Waals surface area (Å²) in [5.41, 5.74) is 5.13. The standard InChI is InChI=1S/C24H21ClN2OS/c25-16-21(28)17-29-24-26-22(18-10-4-1-5-11-18)23(19-12-6-2-7-13-19)27(24)20-14-8-3-9-15-20/h1-15,21,28H,16-17H2/t21-/m0/s1. The number of alkyl halides is 1. The van der Waals surface area contributed by atoms with Gasteiger partial charge >= 0.3 is 0 Å². The molecule has 0 bridgehead atoms. The van der Waals surface area contributed by atoms with Gasteiger partial charge in [-0.05, 0) is 12.1 Å². The molecule has 5 heteroatoms. The van der Waals surface area contributed by atoms with Gasteiger partial charge in [0.1, 0.15) is 0 Å². The number of aliphatic hydroxyl groups is 1. The van der Waals surface area contributed by atoms with Crippen molar-refractivity contribution in [1.82, 2.24) is 9.55 Å². The number of nitrogens with zero attached hydrogens (tertiary/aromatic N) is 2. The predicted molar refractivity (Wildman–Crippen MR) is 122 cm³/mol. The zero-order chi connectivity index (χ0) is 20.1. The molecule has 4 aromatic rings. The van der Waals surface area contributed by atoms with Crippen LogP contribution in [-0.2, 0) is 0 Å². The van der Waals surface area contributed by atoms with E-state index in [0.29, 0.717) is 5.75 Å². The van der Waals surface area contributed by atoms with Crippen LogP contribution in [0.15, 0.2) is 96.2 Å². The Kier molecular flexibility index (Phi) is 6.35. The molecule has 0 amide bonds. The quantitative estimate of drug-likeness (QED) is 0.299. The summed E-state index contributed by atoms with van der Waals surface area (Å²) in [5, 5.41) is 10.8. The minimum Gasteiger partial charge on any atom is -0.391 e. The summed E-state index contributed by atoms with van der Waals surface area (Å²) in [7, 11) is 0. The molecule has 0 radical (unpaired) electrons. The smallest absolute Gasteiger partial charge is 0.173 e. The topological polar surface area (TPSA) is 38.1 Å². The molecule has 0 saturated carbocycles. The monoisotopic (exact) mass is 420 g/mol. The van der Waals surface area contributed by atoms with E-state index in [1.807, 2.05) is 54.6 Å². The molecule has 4 rings (SSSR count). The summed E-state index contributed by atoms with van der Waals surface area (Å²) in [6.45, 7) is 0. The lowest BCUT2D eigenvalue weighted by atomic mass is 10.0. The summed E-state index contributed by atoms with van der Waals surface area (Å²) in [5.74, 6) is 0.686. The lowest BCUT2D eigenvalue weighted by molar-refractivity contribution is 0.223. The van der Waals surface area contributed by atoms with E-state index in [1.165, 1.54) is 11.8 Å². The summed E-state index contributed by atoms with van der Waals surface area (Å²) >= 11 is 7.33. The highest BCUT2D eigenvalue weighted by atomic mass is 35.5. The van der Waals surface area contributed by atoms with Crippen molar-refractivity contribution >= 4 is 23.4 Å². The van der Waals surface area contributed by atoms with Crippen molar-refractivity contribution in [2.45, 2.75) is 11.3 Å². The van der Waals surface area contributed by atoms with E-state index in [4.69, 9.17) is 16.6 Å². The van der Waals surface area contributed by atoms with Gasteiger partial charge < -0.3 is 5.11 Å². The van der Waals surface area contributed by atoms with Gasteiger partial charge in [0.25, 0.3) is 0 Å². The highest BCUT2D eigenvalue weighted by Gasteiger charge is 2.22. The Labute approximate surface area is 180 Å². The average molecular weight is 421 g/mol. The number of hydrogen-bond acceptors (Lipinski definition) is 3. The normalized spacial score (nSPS) is 12.1. The van der Waals surface area contributed by atoms with Gasteiger partial charge in [-0.3, -0.25) is 4.57 Å². The van der Waals surface area contributed by atoms with Gasteiger partial charge in [-0.1, -0.05) is 90.6 Å². The van der Waals surface area contributed by atoms with Gasteiger partial charge in [0, 0.05) is 28.4 Å². The van der Waals surface area contributed by atoms with Gasteiger partial charge in [-0.25, -0.2) is 4.98 Å². The number of hydrogen-bond donors (Lipinski definition) is 1. The number of aliphatic hydroxyl groups excluding tert-OH is 1. The molecule has 3 nitrogen and oxygen atoms in total. The third kappa shape index (κ3) is 4.40. The van der Waals surface area contributed by atoms with Crippen LogP contribution in [0.1, 0.15) is 0 Å². The van der Waals surface area contributed by atoms with Crippen LogP contribution in [0.2, 0.25) is 0 Å². The first-order valence-corrected chi connectivity index (χ1v) is 11.0. The number of aromatic nitrogens is 2. The third-order valence-electron chi connectivity index (χ3n) is 4.54. The maximum absolute atomic E-state index is 10.0. The van der Waals surface area contributed by atoms with Crippen LogP contribution in [-0.4, -0.2) is 32.4 Å². The van der Waals surface area contributed by atoms with E-state index in [1.54, 1.807) is 0 Å². The maximum atomic E-state index is 10.0. The van der Waals surface area contributed by atoms with Crippen molar-refractivity contribution in [1.29, 1.82) is 0 Å². The van der Waals surface area contributed by atoms with Crippen molar-refractivity contribution in [2.75, 3.05) is 11.6 Å². The molecule has 0 saturated heterocycles. The lowest BCUT2D eigenvalue weighted by Gasteiger charge is -2.13. The molecule has 0 aliphatic rings. The van der Waals surface area contributed by atoms with E-state index >= 15 is 0 Å². The molecule has 0 fully saturated rings. The van der Waals surface area contributed by atoms with Gasteiger partial charge in [-0.15, -0.1) is 11.6 Å². The highest BCUT2D eigenvalue weighted by molar-refractivity contribution is 7.99. The molecular weight excluding hydrogens is 400 g/mol. The predicted octanol–water partition coefficient (Wildman–Crippen LogP) is 5.90. The van der Waals surface area contributed by atoms with Gasteiger partial charge in [0.15, 0.2) is 5.16 Å². The molecule has 1 N–H and O–H groups in total. The van der Waals surface area contributed by atoms with Crippen LogP contribution in [0.25, 0.3) is 28.2 Å². The SMILES string of the molecule is O[C@@H](CCl)CSc1nc(-c2ccccc2)c(-c2ccccc2)n1-c1ccccc1. The van der Waals surface area contributed by atoms with E-state index in [-0.39, 0.29) is 5.88 Å². The summed E-state index contributed by atoms with van der Waals surface area (Å²) in [6.07, 6.45) is -0.581. The van der Waals surface area contributed by atoms with Crippen molar-refractivity contribution in [3.8, 4) is 28.2 Å². The first-order valence-electron chi connectivity index (χ1n) is 9.43. The van der Waals surface area contributed by atoms with E-state index in [0.717, 1.165) is 33.4 Å². The van der Waals surface area contributed by atoms with E-state index in [2.05, 4.69) is 41.0 Å². The molecule has 0 unspecified atom stereocenters. The van der Waals surface area contributed by atoms with Crippen molar-refractivity contribution in [2.24, 2.45) is 0 Å². The Bertz CT molecular complexity index is 1050. The highest BCUT2D eigenvalue weighted by Crippen LogP contribution is 2.38. The molecule has 1 aromatic heterocycles. The molecule has 1 heterocycles. The number of rotatable bonds is 7. The second-order valence-electron chi connectivity index (χ2n) is 6.61. The van der Waals surface area contributed by atoms with Gasteiger partial charge in [0.05, 0.1) is 17.5 Å². The van der Waals surface area contributed by atoms with E-state index in [9.17, 15) is 5.11 Å². The van der Waals surface area contributed by atoms with Crippen LogP contribution in [0.3, 0.4) is 0 Å². The Morgan fingerprint density at radius 3 is 1.97 bits per heavy atom. The minimum absolute atomic E-state index is 0.204. The lowest BCUT2D eigenvalue weighted by Crippen LogP contribution is -2.12. The van der Waals surface area contributed by atoms with E-state index < -0.39 is 6.10 Å². The van der Waals surface area contributed by atoms with Crippen LogP contribution < -0.4 is 0 Å². The van der Waals surface area contributed by atoms with Crippen molar-refractivity contribution in [3.63, 3.8) is 0 Å². The number of imidazole rings is 1. The number of para-hydroxylation sites is 1. The molecular formula is C24H21ClN2OS. The zero-order valence-electron chi connectivity index (χ0n) is 15.8. The molecule has 29 heavy (non-hydrogen) atoms. The van der Waals surface area contributed by atoms with Crippen LogP contribution in [0, 0.1) is 0 Å². The molecule has 0 spiro atoms. The molecule has 146 valence electrons. The Morgan fingerprint density at radius 1 is 0.828 bits per heavy atom. The van der Waals surface area contributed by atoms with Crippen LogP contribution >= 0.6 is 23.4 Å². The Hall–Kier alpha value is -2.53. The summed E-state index contributed by atoms with van der Waals surface area (Å²) in [4.78, 5) is 5.01. The van der Waals surface area contributed by atoms with Crippen molar-refractivity contribution in [3.05, 3.63) is 91.0 Å². The van der Waals surface area contributed by atoms with Crippen LogP contribution in [0.4, 0.5) is 0 Å². The second kappa shape index (κ2) is 9.31. The maximum Gasteiger partial charge on any atom is 0.173 e. The van der Waals surface area contributed by atoms with Gasteiger partial charge in [0.2, 0.25) is 0 Å². The van der Waals surface area contributed by atoms with Gasteiger partial charge in [-0.2, -0.15) is 0 Å². The number of halogens is 1. The molecule has 0 aliphatic heterocycles. The Morgan fingerprint density at radius 2 is 1.38 bits per heavy atom. The first kappa shape index (κ1) is 19.8. The fourth-order valence-electron chi connectivity index (χ4n) is 3.19. The first-order chi connectivity index (χ1) is 14.3. The molecule has 3 aromatic carbocycles. The molecule has 0 aliphatic carbocycles. The fourth-order valence-corrected chi connectivity index (χ4v) is 4.37. The van der Waals surface area contributed by atoms with Crippen LogP contribution in [0.5, 0.6) is 0 Å². The minimum atomic E-state index is -0.581.